The average Bonchev–Trinajstić information content (AvgIpc) is 2.67. The normalized spacial score (nSPS) is 15.9. The quantitative estimate of drug-likeness (QED) is 0.796. The Labute approximate surface area is 167 Å². The maximum absolute atomic E-state index is 12.5. The molecule has 1 aromatic heterocycles. The van der Waals surface area contributed by atoms with Crippen molar-refractivity contribution in [2.75, 3.05) is 19.8 Å². The van der Waals surface area contributed by atoms with E-state index in [1.807, 2.05) is 6.07 Å². The molecule has 3 rings (SSSR count). The molecule has 1 saturated heterocycles. The van der Waals surface area contributed by atoms with E-state index in [0.717, 1.165) is 18.4 Å². The molecule has 0 bridgehead atoms. The Hall–Kier alpha value is -2.15. The van der Waals surface area contributed by atoms with Crippen molar-refractivity contribution < 1.29 is 14.3 Å². The molecule has 0 saturated carbocycles. The number of pyridine rings is 1. The molecule has 0 radical (unpaired) electrons. The Bertz CT molecular complexity index is 850. The summed E-state index contributed by atoms with van der Waals surface area (Å²) in [6.07, 6.45) is 2.79. The standard InChI is InChI=1S/C19H19Cl2N3O3/c20-13-2-3-14(15(21)9-13)19(5-7-27-8-6-19)11-24-18(26)12-1-4-16(17(22)25)23-10-12/h1-4,9-10H,5-8,11H2,(H2,22,25)(H,24,26). The third-order valence-corrected chi connectivity index (χ3v) is 5.37. The van der Waals surface area contributed by atoms with Crippen molar-refractivity contribution in [1.82, 2.24) is 10.3 Å². The van der Waals surface area contributed by atoms with Crippen molar-refractivity contribution in [3.05, 3.63) is 63.4 Å². The fourth-order valence-corrected chi connectivity index (χ4v) is 3.86. The number of hydrogen-bond acceptors (Lipinski definition) is 4. The molecule has 0 unspecified atom stereocenters. The third kappa shape index (κ3) is 4.40. The van der Waals surface area contributed by atoms with Gasteiger partial charge in [0.15, 0.2) is 0 Å². The van der Waals surface area contributed by atoms with Crippen molar-refractivity contribution >= 4 is 35.0 Å². The lowest BCUT2D eigenvalue weighted by Gasteiger charge is -2.38. The molecule has 2 amide bonds. The number of benzene rings is 1. The van der Waals surface area contributed by atoms with E-state index in [0.29, 0.717) is 35.4 Å². The lowest BCUT2D eigenvalue weighted by molar-refractivity contribution is 0.0487. The zero-order valence-corrected chi connectivity index (χ0v) is 16.0. The predicted molar refractivity (Wildman–Crippen MR) is 103 cm³/mol. The maximum atomic E-state index is 12.5. The summed E-state index contributed by atoms with van der Waals surface area (Å²) in [5, 5.41) is 4.10. The van der Waals surface area contributed by atoms with E-state index >= 15 is 0 Å². The van der Waals surface area contributed by atoms with Crippen LogP contribution >= 0.6 is 23.2 Å². The molecule has 1 aliphatic heterocycles. The van der Waals surface area contributed by atoms with Gasteiger partial charge in [0.2, 0.25) is 0 Å². The number of ether oxygens (including phenoxy) is 1. The van der Waals surface area contributed by atoms with E-state index in [1.54, 1.807) is 12.1 Å². The molecule has 27 heavy (non-hydrogen) atoms. The van der Waals surface area contributed by atoms with Crippen LogP contribution in [0.2, 0.25) is 10.0 Å². The fourth-order valence-electron chi connectivity index (χ4n) is 3.25. The number of carbonyl (C=O) groups excluding carboxylic acids is 2. The van der Waals surface area contributed by atoms with Crippen LogP contribution < -0.4 is 11.1 Å². The minimum atomic E-state index is -0.638. The van der Waals surface area contributed by atoms with E-state index in [9.17, 15) is 9.59 Å². The maximum Gasteiger partial charge on any atom is 0.267 e. The largest absolute Gasteiger partial charge is 0.381 e. The Kier molecular flexibility index (Phi) is 5.99. The monoisotopic (exact) mass is 407 g/mol. The number of rotatable bonds is 5. The van der Waals surface area contributed by atoms with Gasteiger partial charge in [-0.3, -0.25) is 14.6 Å². The molecular weight excluding hydrogens is 389 g/mol. The first-order valence-corrected chi connectivity index (χ1v) is 9.24. The van der Waals surface area contributed by atoms with E-state index in [1.165, 1.54) is 18.3 Å². The molecular formula is C19H19Cl2N3O3. The van der Waals surface area contributed by atoms with E-state index < -0.39 is 5.91 Å². The van der Waals surface area contributed by atoms with Crippen LogP contribution in [0.15, 0.2) is 36.5 Å². The van der Waals surface area contributed by atoms with Crippen LogP contribution in [-0.2, 0) is 10.2 Å². The van der Waals surface area contributed by atoms with Gasteiger partial charge in [-0.15, -0.1) is 0 Å². The lowest BCUT2D eigenvalue weighted by Crippen LogP contribution is -2.44. The van der Waals surface area contributed by atoms with Gasteiger partial charge in [-0.05, 0) is 42.7 Å². The Morgan fingerprint density at radius 3 is 2.52 bits per heavy atom. The minimum Gasteiger partial charge on any atom is -0.381 e. The predicted octanol–water partition coefficient (Wildman–Crippen LogP) is 2.97. The first-order valence-electron chi connectivity index (χ1n) is 8.49. The van der Waals surface area contributed by atoms with Gasteiger partial charge >= 0.3 is 0 Å². The van der Waals surface area contributed by atoms with Crippen molar-refractivity contribution in [3.8, 4) is 0 Å². The first-order chi connectivity index (χ1) is 12.9. The van der Waals surface area contributed by atoms with Gasteiger partial charge in [0, 0.05) is 41.4 Å². The number of nitrogens with zero attached hydrogens (tertiary/aromatic N) is 1. The van der Waals surface area contributed by atoms with Gasteiger partial charge < -0.3 is 15.8 Å². The fraction of sp³-hybridized carbons (Fsp3) is 0.316. The number of amides is 2. The Balaban J connectivity index is 1.79. The lowest BCUT2D eigenvalue weighted by atomic mass is 9.74. The van der Waals surface area contributed by atoms with Gasteiger partial charge in [0.1, 0.15) is 5.69 Å². The zero-order valence-electron chi connectivity index (χ0n) is 14.5. The van der Waals surface area contributed by atoms with Crippen molar-refractivity contribution in [3.63, 3.8) is 0 Å². The molecule has 1 fully saturated rings. The van der Waals surface area contributed by atoms with Crippen LogP contribution in [0.1, 0.15) is 39.3 Å². The topological polar surface area (TPSA) is 94.3 Å². The highest BCUT2D eigenvalue weighted by Crippen LogP contribution is 2.39. The van der Waals surface area contributed by atoms with Crippen molar-refractivity contribution in [1.29, 1.82) is 0 Å². The van der Waals surface area contributed by atoms with Crippen LogP contribution in [0.3, 0.4) is 0 Å². The van der Waals surface area contributed by atoms with Crippen molar-refractivity contribution in [2.45, 2.75) is 18.3 Å². The molecule has 142 valence electrons. The average molecular weight is 408 g/mol. The molecule has 6 nitrogen and oxygen atoms in total. The van der Waals surface area contributed by atoms with Crippen LogP contribution in [-0.4, -0.2) is 36.6 Å². The number of halogens is 2. The number of aromatic nitrogens is 1. The van der Waals surface area contributed by atoms with Gasteiger partial charge in [0.05, 0.1) is 5.56 Å². The van der Waals surface area contributed by atoms with Gasteiger partial charge in [-0.2, -0.15) is 0 Å². The smallest absolute Gasteiger partial charge is 0.267 e. The second-order valence-corrected chi connectivity index (χ2v) is 7.34. The van der Waals surface area contributed by atoms with Crippen molar-refractivity contribution in [2.24, 2.45) is 5.73 Å². The molecule has 1 aromatic carbocycles. The zero-order chi connectivity index (χ0) is 19.4. The molecule has 2 aromatic rings. The second-order valence-electron chi connectivity index (χ2n) is 6.50. The SMILES string of the molecule is NC(=O)c1ccc(C(=O)NCC2(c3ccc(Cl)cc3Cl)CCOCC2)cn1. The summed E-state index contributed by atoms with van der Waals surface area (Å²) in [7, 11) is 0. The minimum absolute atomic E-state index is 0.111. The summed E-state index contributed by atoms with van der Waals surface area (Å²) >= 11 is 12.5. The van der Waals surface area contributed by atoms with E-state index in [4.69, 9.17) is 33.7 Å². The summed E-state index contributed by atoms with van der Waals surface area (Å²) in [5.74, 6) is -0.921. The number of nitrogens with one attached hydrogen (secondary N) is 1. The Morgan fingerprint density at radius 2 is 1.93 bits per heavy atom. The molecule has 0 atom stereocenters. The van der Waals surface area contributed by atoms with Crippen LogP contribution in [0.4, 0.5) is 0 Å². The van der Waals surface area contributed by atoms with E-state index in [-0.39, 0.29) is 17.0 Å². The highest BCUT2D eigenvalue weighted by atomic mass is 35.5. The number of nitrogens with two attached hydrogens (primary N) is 1. The highest BCUT2D eigenvalue weighted by Gasteiger charge is 2.36. The van der Waals surface area contributed by atoms with Gasteiger partial charge in [-0.1, -0.05) is 29.3 Å². The first kappa shape index (κ1) is 19.6. The molecule has 0 aliphatic carbocycles. The number of hydrogen-bond donors (Lipinski definition) is 2. The highest BCUT2D eigenvalue weighted by molar-refractivity contribution is 6.35. The molecule has 0 spiro atoms. The van der Waals surface area contributed by atoms with Gasteiger partial charge in [0.25, 0.3) is 11.8 Å². The summed E-state index contributed by atoms with van der Waals surface area (Å²) < 4.78 is 5.50. The third-order valence-electron chi connectivity index (χ3n) is 4.82. The summed E-state index contributed by atoms with van der Waals surface area (Å²) in [6.45, 7) is 1.57. The summed E-state index contributed by atoms with van der Waals surface area (Å²) in [4.78, 5) is 27.5. The molecule has 3 N–H and O–H groups in total. The Morgan fingerprint density at radius 1 is 1.19 bits per heavy atom. The summed E-state index contributed by atoms with van der Waals surface area (Å²) in [5.41, 5.74) is 6.24. The second kappa shape index (κ2) is 8.25. The molecule has 1 aliphatic rings. The van der Waals surface area contributed by atoms with E-state index in [2.05, 4.69) is 10.3 Å². The number of primary amides is 1. The van der Waals surface area contributed by atoms with Crippen LogP contribution in [0.25, 0.3) is 0 Å². The number of carbonyl (C=O) groups is 2. The van der Waals surface area contributed by atoms with Gasteiger partial charge in [-0.25, -0.2) is 0 Å². The summed E-state index contributed by atoms with van der Waals surface area (Å²) in [6, 6.07) is 8.37. The van der Waals surface area contributed by atoms with Crippen LogP contribution in [0, 0.1) is 0 Å². The van der Waals surface area contributed by atoms with Crippen LogP contribution in [0.5, 0.6) is 0 Å². The molecule has 8 heteroatoms. The molecule has 2 heterocycles.